The molecule has 0 fully saturated rings. The van der Waals surface area contributed by atoms with Gasteiger partial charge in [0, 0.05) is 12.2 Å². The van der Waals surface area contributed by atoms with Crippen LogP contribution in [0.4, 0.5) is 4.39 Å². The number of aromatic nitrogens is 2. The van der Waals surface area contributed by atoms with Gasteiger partial charge in [-0.1, -0.05) is 18.7 Å². The quantitative estimate of drug-likeness (QED) is 0.425. The standard InChI is InChI=1S/C18H19FN2O3S2/c1-3-14(17(23)24-4-2)26-18-20-13-9-10-25-15(13)16(22)21(18)12-7-5-11(19)6-8-12/h5-8,14H,3-4,9-10H2,1-2H3/t14-/m1/s1. The largest absolute Gasteiger partial charge is 0.465 e. The highest BCUT2D eigenvalue weighted by Crippen LogP contribution is 2.32. The Hall–Kier alpha value is -1.80. The molecular formula is C18H19FN2O3S2. The van der Waals surface area contributed by atoms with Crippen LogP contribution in [-0.2, 0) is 16.0 Å². The Labute approximate surface area is 159 Å². The van der Waals surface area contributed by atoms with E-state index in [1.54, 1.807) is 19.1 Å². The lowest BCUT2D eigenvalue weighted by Crippen LogP contribution is -2.26. The summed E-state index contributed by atoms with van der Waals surface area (Å²) in [5.74, 6) is 0.108. The number of fused-ring (bicyclic) bond motifs is 1. The fourth-order valence-corrected chi connectivity index (χ4v) is 4.72. The number of thioether (sulfide) groups is 2. The number of nitrogens with zero attached hydrogens (tertiary/aromatic N) is 2. The molecule has 2 heterocycles. The average Bonchev–Trinajstić information content (AvgIpc) is 3.10. The minimum atomic E-state index is -0.458. The van der Waals surface area contributed by atoms with Crippen molar-refractivity contribution in [3.8, 4) is 5.69 Å². The topological polar surface area (TPSA) is 61.2 Å². The van der Waals surface area contributed by atoms with Crippen molar-refractivity contribution in [3.63, 3.8) is 0 Å². The summed E-state index contributed by atoms with van der Waals surface area (Å²) in [6, 6.07) is 5.69. The highest BCUT2D eigenvalue weighted by atomic mass is 32.2. The molecule has 0 spiro atoms. The molecule has 8 heteroatoms. The Bertz CT molecular complexity index is 868. The fourth-order valence-electron chi connectivity index (χ4n) is 2.65. The van der Waals surface area contributed by atoms with Crippen molar-refractivity contribution < 1.29 is 13.9 Å². The first-order valence-corrected chi connectivity index (χ1v) is 10.3. The average molecular weight is 394 g/mol. The number of hydrogen-bond acceptors (Lipinski definition) is 6. The zero-order valence-corrected chi connectivity index (χ0v) is 16.2. The van der Waals surface area contributed by atoms with Crippen molar-refractivity contribution in [2.45, 2.75) is 42.0 Å². The molecule has 0 amide bonds. The normalized spacial score (nSPS) is 14.1. The maximum absolute atomic E-state index is 13.3. The molecule has 26 heavy (non-hydrogen) atoms. The third-order valence-electron chi connectivity index (χ3n) is 3.92. The van der Waals surface area contributed by atoms with Crippen molar-refractivity contribution in [3.05, 3.63) is 46.1 Å². The Morgan fingerprint density at radius 2 is 2.12 bits per heavy atom. The lowest BCUT2D eigenvalue weighted by atomic mass is 10.3. The van der Waals surface area contributed by atoms with Crippen LogP contribution in [0.3, 0.4) is 0 Å². The molecule has 5 nitrogen and oxygen atoms in total. The number of benzene rings is 1. The van der Waals surface area contributed by atoms with Gasteiger partial charge in [0.05, 0.1) is 22.9 Å². The highest BCUT2D eigenvalue weighted by molar-refractivity contribution is 8.00. The van der Waals surface area contributed by atoms with Crippen LogP contribution in [0.2, 0.25) is 0 Å². The molecule has 138 valence electrons. The van der Waals surface area contributed by atoms with Gasteiger partial charge in [-0.3, -0.25) is 14.2 Å². The van der Waals surface area contributed by atoms with Crippen molar-refractivity contribution in [2.24, 2.45) is 0 Å². The molecule has 0 radical (unpaired) electrons. The third-order valence-corrected chi connectivity index (χ3v) is 6.32. The summed E-state index contributed by atoms with van der Waals surface area (Å²) in [6.07, 6.45) is 1.28. The summed E-state index contributed by atoms with van der Waals surface area (Å²) >= 11 is 2.70. The molecule has 0 bridgehead atoms. The zero-order valence-electron chi connectivity index (χ0n) is 14.5. The molecule has 0 unspecified atom stereocenters. The Balaban J connectivity index is 2.08. The third kappa shape index (κ3) is 3.81. The van der Waals surface area contributed by atoms with E-state index in [9.17, 15) is 14.0 Å². The van der Waals surface area contributed by atoms with Gasteiger partial charge in [-0.25, -0.2) is 9.37 Å². The van der Waals surface area contributed by atoms with Gasteiger partial charge in [-0.15, -0.1) is 11.8 Å². The van der Waals surface area contributed by atoms with Crippen molar-refractivity contribution >= 4 is 29.5 Å². The van der Waals surface area contributed by atoms with E-state index in [-0.39, 0.29) is 17.3 Å². The number of hydrogen-bond donors (Lipinski definition) is 0. The summed E-state index contributed by atoms with van der Waals surface area (Å²) < 4.78 is 19.9. The summed E-state index contributed by atoms with van der Waals surface area (Å²) in [5, 5.41) is -0.0246. The summed E-state index contributed by atoms with van der Waals surface area (Å²) in [6.45, 7) is 3.95. The molecular weight excluding hydrogens is 375 g/mol. The monoisotopic (exact) mass is 394 g/mol. The number of carbonyl (C=O) groups excluding carboxylic acids is 1. The van der Waals surface area contributed by atoms with E-state index < -0.39 is 5.25 Å². The first-order valence-electron chi connectivity index (χ1n) is 8.43. The first-order chi connectivity index (χ1) is 12.5. The second-order valence-electron chi connectivity index (χ2n) is 5.65. The van der Waals surface area contributed by atoms with Crippen LogP contribution in [0.1, 0.15) is 26.0 Å². The number of esters is 1. The second kappa shape index (κ2) is 8.26. The SMILES string of the molecule is CCOC(=O)[C@@H](CC)Sc1nc2c(c(=O)n1-c1ccc(F)cc1)SCC2. The van der Waals surface area contributed by atoms with Crippen LogP contribution >= 0.6 is 23.5 Å². The van der Waals surface area contributed by atoms with Gasteiger partial charge in [0.15, 0.2) is 5.16 Å². The maximum Gasteiger partial charge on any atom is 0.319 e. The number of carbonyl (C=O) groups is 1. The van der Waals surface area contributed by atoms with Crippen LogP contribution in [0.25, 0.3) is 5.69 Å². The van der Waals surface area contributed by atoms with E-state index in [1.807, 2.05) is 6.92 Å². The molecule has 1 aromatic heterocycles. The van der Waals surface area contributed by atoms with Crippen LogP contribution < -0.4 is 5.56 Å². The van der Waals surface area contributed by atoms with E-state index in [0.29, 0.717) is 28.8 Å². The number of aryl methyl sites for hydroxylation is 1. The van der Waals surface area contributed by atoms with Crippen LogP contribution in [0.5, 0.6) is 0 Å². The van der Waals surface area contributed by atoms with Gasteiger partial charge >= 0.3 is 5.97 Å². The van der Waals surface area contributed by atoms with Gasteiger partial charge in [0.1, 0.15) is 11.1 Å². The van der Waals surface area contributed by atoms with E-state index in [1.165, 1.54) is 40.2 Å². The predicted octanol–water partition coefficient (Wildman–Crippen LogP) is 3.45. The molecule has 0 saturated carbocycles. The molecule has 1 aliphatic rings. The number of ether oxygens (including phenoxy) is 1. The van der Waals surface area contributed by atoms with Crippen molar-refractivity contribution in [1.82, 2.24) is 9.55 Å². The molecule has 3 rings (SSSR count). The zero-order chi connectivity index (χ0) is 18.7. The Morgan fingerprint density at radius 3 is 2.77 bits per heavy atom. The lowest BCUT2D eigenvalue weighted by Gasteiger charge is -2.17. The summed E-state index contributed by atoms with van der Waals surface area (Å²) in [4.78, 5) is 30.5. The van der Waals surface area contributed by atoms with E-state index in [4.69, 9.17) is 4.74 Å². The van der Waals surface area contributed by atoms with Gasteiger partial charge in [0.25, 0.3) is 5.56 Å². The first kappa shape index (κ1) is 19.0. The minimum Gasteiger partial charge on any atom is -0.465 e. The molecule has 0 N–H and O–H groups in total. The second-order valence-corrected chi connectivity index (χ2v) is 7.93. The molecule has 1 aliphatic heterocycles. The Kier molecular flexibility index (Phi) is 6.03. The molecule has 1 atom stereocenters. The van der Waals surface area contributed by atoms with Crippen LogP contribution in [-0.4, -0.2) is 33.1 Å². The van der Waals surface area contributed by atoms with Crippen LogP contribution in [0, 0.1) is 5.82 Å². The fraction of sp³-hybridized carbons (Fsp3) is 0.389. The highest BCUT2D eigenvalue weighted by Gasteiger charge is 2.26. The summed E-state index contributed by atoms with van der Waals surface area (Å²) in [7, 11) is 0. The molecule has 0 aliphatic carbocycles. The van der Waals surface area contributed by atoms with Crippen LogP contribution in [0.15, 0.2) is 39.1 Å². The maximum atomic E-state index is 13.3. The summed E-state index contributed by atoms with van der Waals surface area (Å²) in [5.41, 5.74) is 1.12. The molecule has 1 aromatic carbocycles. The van der Waals surface area contributed by atoms with Gasteiger partial charge < -0.3 is 4.74 Å². The molecule has 0 saturated heterocycles. The lowest BCUT2D eigenvalue weighted by molar-refractivity contribution is -0.142. The van der Waals surface area contributed by atoms with Crippen molar-refractivity contribution in [2.75, 3.05) is 12.4 Å². The number of halogens is 1. The number of rotatable bonds is 6. The molecule has 2 aromatic rings. The Morgan fingerprint density at radius 1 is 1.38 bits per heavy atom. The van der Waals surface area contributed by atoms with Gasteiger partial charge in [-0.2, -0.15) is 0 Å². The van der Waals surface area contributed by atoms with Crippen molar-refractivity contribution in [1.29, 1.82) is 0 Å². The smallest absolute Gasteiger partial charge is 0.319 e. The predicted molar refractivity (Wildman–Crippen MR) is 101 cm³/mol. The van der Waals surface area contributed by atoms with E-state index in [0.717, 1.165) is 17.9 Å². The van der Waals surface area contributed by atoms with Gasteiger partial charge in [-0.05, 0) is 37.6 Å². The van der Waals surface area contributed by atoms with E-state index in [2.05, 4.69) is 4.98 Å². The van der Waals surface area contributed by atoms with E-state index >= 15 is 0 Å². The van der Waals surface area contributed by atoms with Gasteiger partial charge in [0.2, 0.25) is 0 Å². The minimum absolute atomic E-state index is 0.176.